The predicted molar refractivity (Wildman–Crippen MR) is 145 cm³/mol. The quantitative estimate of drug-likeness (QED) is 0.413. The standard InChI is InChI=1S/C30H44N4/c1-7-26(27-14-15-28(22-31)24(4)21-27)11-10-16-33-17-19-34(20-18-33)25(5)32(6)30-13-9-8-12-29(30)23(2)3/h8-9,12-15,21,23,25-26H,7,10-11,16-20H2,1-6H3. The summed E-state index contributed by atoms with van der Waals surface area (Å²) in [6.07, 6.45) is 3.99. The van der Waals surface area contributed by atoms with Gasteiger partial charge in [0.1, 0.15) is 0 Å². The molecule has 0 N–H and O–H groups in total. The molecule has 0 radical (unpaired) electrons. The first-order valence-corrected chi connectivity index (χ1v) is 13.1. The second kappa shape index (κ2) is 12.4. The van der Waals surface area contributed by atoms with Crippen LogP contribution in [0.1, 0.15) is 81.0 Å². The van der Waals surface area contributed by atoms with Crippen LogP contribution in [0.2, 0.25) is 0 Å². The van der Waals surface area contributed by atoms with Crippen LogP contribution >= 0.6 is 0 Å². The fourth-order valence-corrected chi connectivity index (χ4v) is 5.34. The molecule has 0 bridgehead atoms. The van der Waals surface area contributed by atoms with Gasteiger partial charge >= 0.3 is 0 Å². The van der Waals surface area contributed by atoms with Crippen molar-refractivity contribution < 1.29 is 0 Å². The number of anilines is 1. The Morgan fingerprint density at radius 3 is 2.35 bits per heavy atom. The second-order valence-electron chi connectivity index (χ2n) is 10.3. The van der Waals surface area contributed by atoms with E-state index < -0.39 is 0 Å². The van der Waals surface area contributed by atoms with Crippen LogP contribution in [0.3, 0.4) is 0 Å². The highest BCUT2D eigenvalue weighted by Crippen LogP contribution is 2.29. The van der Waals surface area contributed by atoms with Crippen molar-refractivity contribution in [2.75, 3.05) is 44.7 Å². The summed E-state index contributed by atoms with van der Waals surface area (Å²) < 4.78 is 0. The second-order valence-corrected chi connectivity index (χ2v) is 10.3. The third-order valence-corrected chi connectivity index (χ3v) is 7.80. The number of nitrogens with zero attached hydrogens (tertiary/aromatic N) is 4. The molecule has 1 heterocycles. The molecular weight excluding hydrogens is 416 g/mol. The average molecular weight is 461 g/mol. The summed E-state index contributed by atoms with van der Waals surface area (Å²) in [6, 6.07) is 17.5. The van der Waals surface area contributed by atoms with Gasteiger partial charge in [-0.05, 0) is 80.3 Å². The molecule has 0 saturated carbocycles. The SMILES string of the molecule is CCC(CCCN1CCN(C(C)N(C)c2ccccc2C(C)C)CC1)c1ccc(C#N)c(C)c1. The number of hydrogen-bond acceptors (Lipinski definition) is 4. The lowest BCUT2D eigenvalue weighted by Crippen LogP contribution is -2.54. The summed E-state index contributed by atoms with van der Waals surface area (Å²) in [6.45, 7) is 17.0. The Morgan fingerprint density at radius 2 is 1.74 bits per heavy atom. The Kier molecular flexibility index (Phi) is 9.56. The minimum absolute atomic E-state index is 0.395. The molecule has 2 atom stereocenters. The van der Waals surface area contributed by atoms with Crippen molar-refractivity contribution >= 4 is 5.69 Å². The van der Waals surface area contributed by atoms with Crippen molar-refractivity contribution in [1.82, 2.24) is 9.80 Å². The molecule has 0 aliphatic carbocycles. The van der Waals surface area contributed by atoms with E-state index in [-0.39, 0.29) is 0 Å². The summed E-state index contributed by atoms with van der Waals surface area (Å²) in [7, 11) is 2.24. The van der Waals surface area contributed by atoms with Crippen LogP contribution in [-0.4, -0.2) is 55.7 Å². The Balaban J connectivity index is 1.47. The number of piperazine rings is 1. The molecule has 2 aromatic carbocycles. The van der Waals surface area contributed by atoms with Gasteiger partial charge in [0.05, 0.1) is 17.8 Å². The number of aryl methyl sites for hydroxylation is 1. The summed E-state index contributed by atoms with van der Waals surface area (Å²) in [5.41, 5.74) is 6.07. The smallest absolute Gasteiger partial charge is 0.0994 e. The van der Waals surface area contributed by atoms with Gasteiger partial charge < -0.3 is 9.80 Å². The maximum atomic E-state index is 9.20. The number of para-hydroxylation sites is 1. The Labute approximate surface area is 208 Å². The van der Waals surface area contributed by atoms with Crippen LogP contribution in [0.25, 0.3) is 0 Å². The van der Waals surface area contributed by atoms with E-state index in [1.54, 1.807) is 0 Å². The van der Waals surface area contributed by atoms with E-state index in [4.69, 9.17) is 0 Å². The average Bonchev–Trinajstić information content (AvgIpc) is 2.86. The van der Waals surface area contributed by atoms with E-state index in [1.807, 2.05) is 13.0 Å². The topological polar surface area (TPSA) is 33.5 Å². The number of rotatable bonds is 10. The molecule has 184 valence electrons. The van der Waals surface area contributed by atoms with Gasteiger partial charge in [0, 0.05) is 38.9 Å². The molecule has 1 aliphatic rings. The molecule has 0 aromatic heterocycles. The van der Waals surface area contributed by atoms with E-state index in [9.17, 15) is 5.26 Å². The fraction of sp³-hybridized carbons (Fsp3) is 0.567. The monoisotopic (exact) mass is 460 g/mol. The number of nitriles is 1. The highest BCUT2D eigenvalue weighted by atomic mass is 15.4. The normalized spacial score (nSPS) is 16.9. The first kappa shape index (κ1) is 26.3. The third-order valence-electron chi connectivity index (χ3n) is 7.80. The van der Waals surface area contributed by atoms with E-state index in [2.05, 4.69) is 91.9 Å². The molecule has 1 fully saturated rings. The van der Waals surface area contributed by atoms with E-state index in [0.717, 1.165) is 43.7 Å². The largest absolute Gasteiger partial charge is 0.359 e. The Bertz CT molecular complexity index is 953. The molecular formula is C30H44N4. The van der Waals surface area contributed by atoms with Crippen molar-refractivity contribution in [3.8, 4) is 6.07 Å². The van der Waals surface area contributed by atoms with Crippen molar-refractivity contribution in [2.24, 2.45) is 0 Å². The molecule has 1 saturated heterocycles. The maximum Gasteiger partial charge on any atom is 0.0994 e. The van der Waals surface area contributed by atoms with Gasteiger partial charge in [-0.3, -0.25) is 4.90 Å². The zero-order valence-electron chi connectivity index (χ0n) is 22.2. The molecule has 4 nitrogen and oxygen atoms in total. The lowest BCUT2D eigenvalue weighted by atomic mass is 9.90. The Hall–Kier alpha value is -2.35. The molecule has 2 aromatic rings. The first-order valence-electron chi connectivity index (χ1n) is 13.1. The first-order chi connectivity index (χ1) is 16.3. The van der Waals surface area contributed by atoms with Crippen molar-refractivity contribution in [3.63, 3.8) is 0 Å². The molecule has 1 aliphatic heterocycles. The van der Waals surface area contributed by atoms with Gasteiger partial charge in [-0.1, -0.05) is 51.1 Å². The van der Waals surface area contributed by atoms with Gasteiger partial charge in [-0.15, -0.1) is 0 Å². The van der Waals surface area contributed by atoms with Crippen LogP contribution in [0.5, 0.6) is 0 Å². The summed E-state index contributed by atoms with van der Waals surface area (Å²) >= 11 is 0. The highest BCUT2D eigenvalue weighted by molar-refractivity contribution is 5.55. The minimum Gasteiger partial charge on any atom is -0.359 e. The van der Waals surface area contributed by atoms with Gasteiger partial charge in [-0.25, -0.2) is 0 Å². The molecule has 2 unspecified atom stereocenters. The van der Waals surface area contributed by atoms with Crippen LogP contribution in [0.15, 0.2) is 42.5 Å². The summed E-state index contributed by atoms with van der Waals surface area (Å²) in [4.78, 5) is 7.72. The van der Waals surface area contributed by atoms with Gasteiger partial charge in [0.15, 0.2) is 0 Å². The predicted octanol–water partition coefficient (Wildman–Crippen LogP) is 6.36. The zero-order chi connectivity index (χ0) is 24.7. The lowest BCUT2D eigenvalue weighted by molar-refractivity contribution is 0.101. The molecule has 0 spiro atoms. The van der Waals surface area contributed by atoms with E-state index >= 15 is 0 Å². The van der Waals surface area contributed by atoms with Crippen molar-refractivity contribution in [1.29, 1.82) is 5.26 Å². The van der Waals surface area contributed by atoms with E-state index in [1.165, 1.54) is 36.2 Å². The summed E-state index contributed by atoms with van der Waals surface area (Å²) in [5, 5.41) is 9.20. The molecule has 34 heavy (non-hydrogen) atoms. The lowest BCUT2D eigenvalue weighted by Gasteiger charge is -2.42. The molecule has 0 amide bonds. The number of hydrogen-bond donors (Lipinski definition) is 0. The maximum absolute atomic E-state index is 9.20. The summed E-state index contributed by atoms with van der Waals surface area (Å²) in [5.74, 6) is 1.12. The van der Waals surface area contributed by atoms with Crippen LogP contribution in [-0.2, 0) is 0 Å². The Morgan fingerprint density at radius 1 is 1.03 bits per heavy atom. The highest BCUT2D eigenvalue weighted by Gasteiger charge is 2.25. The van der Waals surface area contributed by atoms with Crippen LogP contribution in [0.4, 0.5) is 5.69 Å². The zero-order valence-corrected chi connectivity index (χ0v) is 22.2. The van der Waals surface area contributed by atoms with Crippen LogP contribution in [0, 0.1) is 18.3 Å². The van der Waals surface area contributed by atoms with Crippen molar-refractivity contribution in [3.05, 3.63) is 64.7 Å². The molecule has 4 heteroatoms. The number of benzene rings is 2. The van der Waals surface area contributed by atoms with Crippen LogP contribution < -0.4 is 4.90 Å². The third kappa shape index (κ3) is 6.40. The molecule has 3 rings (SSSR count). The van der Waals surface area contributed by atoms with E-state index in [0.29, 0.717) is 18.0 Å². The van der Waals surface area contributed by atoms with Gasteiger partial charge in [0.2, 0.25) is 0 Å². The van der Waals surface area contributed by atoms with Gasteiger partial charge in [0.25, 0.3) is 0 Å². The van der Waals surface area contributed by atoms with Crippen molar-refractivity contribution in [2.45, 2.75) is 71.9 Å². The minimum atomic E-state index is 0.395. The fourth-order valence-electron chi connectivity index (χ4n) is 5.34. The van der Waals surface area contributed by atoms with Gasteiger partial charge in [-0.2, -0.15) is 5.26 Å².